The van der Waals surface area contributed by atoms with Crippen LogP contribution in [0.1, 0.15) is 292 Å². The van der Waals surface area contributed by atoms with Gasteiger partial charge in [-0.05, 0) is 82.7 Å². The zero-order valence-electron chi connectivity index (χ0n) is 46.4. The standard InChI is InChI=1S/C59H115N3O6/c1-8-15-20-23-31-38-48-60-59(66)55(44-35-28-24-25-29-36-45-57(64)67-51-53(40-18-11-4)42-33-21-16-9-2)62(56(63)47-50-61(13-6)14-7)49-39-32-27-26-30-37-46-58(65)68-52-54(41-19-12-5)43-34-22-17-10-3/h53-55H,8-52H2,1-7H3,(H,60,66). The van der Waals surface area contributed by atoms with Crippen LogP contribution in [0.25, 0.3) is 0 Å². The molecule has 0 aromatic carbocycles. The molecule has 0 aliphatic heterocycles. The van der Waals surface area contributed by atoms with Crippen LogP contribution in [0.4, 0.5) is 0 Å². The molecule has 0 radical (unpaired) electrons. The largest absolute Gasteiger partial charge is 0.465 e. The summed E-state index contributed by atoms with van der Waals surface area (Å²) in [6.07, 6.45) is 40.3. The molecule has 0 aliphatic carbocycles. The molecule has 0 saturated carbocycles. The van der Waals surface area contributed by atoms with Crippen LogP contribution in [0, 0.1) is 11.8 Å². The molecular formula is C59H115N3O6. The smallest absolute Gasteiger partial charge is 0.305 e. The number of hydrogen-bond acceptors (Lipinski definition) is 7. The van der Waals surface area contributed by atoms with Crippen molar-refractivity contribution in [2.24, 2.45) is 11.8 Å². The van der Waals surface area contributed by atoms with Crippen molar-refractivity contribution in [1.29, 1.82) is 0 Å². The first-order valence-corrected chi connectivity index (χ1v) is 29.8. The molecule has 0 aromatic heterocycles. The molecule has 2 amide bonds. The van der Waals surface area contributed by atoms with Gasteiger partial charge < -0.3 is 24.6 Å². The van der Waals surface area contributed by atoms with Gasteiger partial charge in [-0.3, -0.25) is 19.2 Å². The lowest BCUT2D eigenvalue weighted by atomic mass is 9.96. The van der Waals surface area contributed by atoms with Crippen LogP contribution in [0.15, 0.2) is 0 Å². The molecule has 68 heavy (non-hydrogen) atoms. The maximum Gasteiger partial charge on any atom is 0.305 e. The third kappa shape index (κ3) is 39.5. The highest BCUT2D eigenvalue weighted by Crippen LogP contribution is 2.21. The van der Waals surface area contributed by atoms with Crippen molar-refractivity contribution < 1.29 is 28.7 Å². The third-order valence-corrected chi connectivity index (χ3v) is 14.3. The van der Waals surface area contributed by atoms with Crippen LogP contribution in [-0.4, -0.2) is 85.5 Å². The van der Waals surface area contributed by atoms with Gasteiger partial charge in [0.2, 0.25) is 11.8 Å². The van der Waals surface area contributed by atoms with Crippen molar-refractivity contribution in [3.05, 3.63) is 0 Å². The van der Waals surface area contributed by atoms with E-state index in [1.165, 1.54) is 103 Å². The molecule has 402 valence electrons. The molecule has 3 unspecified atom stereocenters. The molecule has 0 spiro atoms. The molecule has 3 atom stereocenters. The van der Waals surface area contributed by atoms with Crippen molar-refractivity contribution in [2.45, 2.75) is 298 Å². The Labute approximate surface area is 422 Å². The van der Waals surface area contributed by atoms with E-state index in [1.807, 2.05) is 4.90 Å². The Kier molecular flexibility index (Phi) is 48.2. The fraction of sp³-hybridized carbons (Fsp3) is 0.932. The highest BCUT2D eigenvalue weighted by atomic mass is 16.5. The zero-order chi connectivity index (χ0) is 50.1. The molecule has 1 N–H and O–H groups in total. The van der Waals surface area contributed by atoms with Gasteiger partial charge in [0.25, 0.3) is 0 Å². The molecule has 0 aliphatic rings. The highest BCUT2D eigenvalue weighted by molar-refractivity contribution is 5.87. The first-order valence-electron chi connectivity index (χ1n) is 29.8. The van der Waals surface area contributed by atoms with Gasteiger partial charge in [-0.1, -0.05) is 215 Å². The Morgan fingerprint density at radius 2 is 0.779 bits per heavy atom. The predicted molar refractivity (Wildman–Crippen MR) is 289 cm³/mol. The first kappa shape index (κ1) is 65.8. The topological polar surface area (TPSA) is 105 Å². The summed E-state index contributed by atoms with van der Waals surface area (Å²) in [6, 6.07) is -0.453. The normalized spacial score (nSPS) is 12.8. The van der Waals surface area contributed by atoms with E-state index in [1.54, 1.807) is 0 Å². The van der Waals surface area contributed by atoms with Crippen LogP contribution in [0.5, 0.6) is 0 Å². The SMILES string of the molecule is CCCCCCCCNC(=O)C(CCCCCCCCC(=O)OCC(CCCC)CCCCCC)N(CCCCCCCCC(=O)OCC(CCCC)CCCCCC)C(=O)CCN(CC)CC. The average Bonchev–Trinajstić information content (AvgIpc) is 3.34. The summed E-state index contributed by atoms with van der Waals surface area (Å²) < 4.78 is 11.5. The molecule has 9 heteroatoms. The average molecular weight is 963 g/mol. The second-order valence-corrected chi connectivity index (χ2v) is 20.6. The second kappa shape index (κ2) is 49.8. The summed E-state index contributed by atoms with van der Waals surface area (Å²) in [4.78, 5) is 57.6. The minimum atomic E-state index is -0.453. The molecule has 0 rings (SSSR count). The molecular weight excluding hydrogens is 847 g/mol. The predicted octanol–water partition coefficient (Wildman–Crippen LogP) is 15.9. The lowest BCUT2D eigenvalue weighted by Crippen LogP contribution is -2.50. The second-order valence-electron chi connectivity index (χ2n) is 20.6. The fourth-order valence-corrected chi connectivity index (χ4v) is 9.52. The molecule has 0 heterocycles. The maximum absolute atomic E-state index is 14.1. The van der Waals surface area contributed by atoms with Gasteiger partial charge >= 0.3 is 11.9 Å². The number of carbonyl (C=O) groups is 4. The van der Waals surface area contributed by atoms with Gasteiger partial charge in [-0.2, -0.15) is 0 Å². The van der Waals surface area contributed by atoms with Gasteiger partial charge in [0.15, 0.2) is 0 Å². The van der Waals surface area contributed by atoms with Gasteiger partial charge in [-0.15, -0.1) is 0 Å². The fourth-order valence-electron chi connectivity index (χ4n) is 9.52. The Morgan fingerprint density at radius 3 is 1.25 bits per heavy atom. The number of nitrogens with zero attached hydrogens (tertiary/aromatic N) is 2. The van der Waals surface area contributed by atoms with E-state index in [0.29, 0.717) is 70.4 Å². The van der Waals surface area contributed by atoms with E-state index < -0.39 is 6.04 Å². The highest BCUT2D eigenvalue weighted by Gasteiger charge is 2.29. The molecule has 9 nitrogen and oxygen atoms in total. The summed E-state index contributed by atoms with van der Waals surface area (Å²) in [5.74, 6) is 0.986. The summed E-state index contributed by atoms with van der Waals surface area (Å²) in [6.45, 7) is 20.4. The number of ether oxygens (including phenoxy) is 2. The van der Waals surface area contributed by atoms with Crippen molar-refractivity contribution in [3.63, 3.8) is 0 Å². The lowest BCUT2D eigenvalue weighted by Gasteiger charge is -2.32. The molecule has 0 bridgehead atoms. The maximum atomic E-state index is 14.1. The van der Waals surface area contributed by atoms with E-state index in [2.05, 4.69) is 58.7 Å². The zero-order valence-corrected chi connectivity index (χ0v) is 46.4. The number of unbranched alkanes of at least 4 members (excludes halogenated alkanes) is 23. The summed E-state index contributed by atoms with van der Waals surface area (Å²) >= 11 is 0. The molecule has 0 fully saturated rings. The summed E-state index contributed by atoms with van der Waals surface area (Å²) in [5, 5.41) is 3.26. The Bertz CT molecular complexity index is 1150. The third-order valence-electron chi connectivity index (χ3n) is 14.3. The van der Waals surface area contributed by atoms with E-state index >= 15 is 0 Å². The van der Waals surface area contributed by atoms with E-state index in [0.717, 1.165) is 129 Å². The van der Waals surface area contributed by atoms with Gasteiger partial charge in [0, 0.05) is 38.9 Å². The van der Waals surface area contributed by atoms with E-state index in [-0.39, 0.29) is 23.8 Å². The van der Waals surface area contributed by atoms with Crippen LogP contribution >= 0.6 is 0 Å². The van der Waals surface area contributed by atoms with Crippen LogP contribution < -0.4 is 5.32 Å². The van der Waals surface area contributed by atoms with Gasteiger partial charge in [0.1, 0.15) is 6.04 Å². The Morgan fingerprint density at radius 1 is 0.397 bits per heavy atom. The van der Waals surface area contributed by atoms with Crippen molar-refractivity contribution in [1.82, 2.24) is 15.1 Å². The van der Waals surface area contributed by atoms with Gasteiger partial charge in [-0.25, -0.2) is 0 Å². The van der Waals surface area contributed by atoms with E-state index in [4.69, 9.17) is 9.47 Å². The molecule has 0 saturated heterocycles. The van der Waals surface area contributed by atoms with Crippen LogP contribution in [0.2, 0.25) is 0 Å². The minimum Gasteiger partial charge on any atom is -0.465 e. The number of rotatable bonds is 52. The Balaban J connectivity index is 5.24. The van der Waals surface area contributed by atoms with Crippen molar-refractivity contribution >= 4 is 23.8 Å². The number of esters is 2. The van der Waals surface area contributed by atoms with Crippen LogP contribution in [0.3, 0.4) is 0 Å². The van der Waals surface area contributed by atoms with Crippen LogP contribution in [-0.2, 0) is 28.7 Å². The quantitative estimate of drug-likeness (QED) is 0.0478. The first-order chi connectivity index (χ1) is 33.2. The van der Waals surface area contributed by atoms with E-state index in [9.17, 15) is 19.2 Å². The summed E-state index contributed by atoms with van der Waals surface area (Å²) in [5.41, 5.74) is 0. The minimum absolute atomic E-state index is 0.00576. The number of hydrogen-bond donors (Lipinski definition) is 1. The summed E-state index contributed by atoms with van der Waals surface area (Å²) in [7, 11) is 0. The number of carbonyl (C=O) groups excluding carboxylic acids is 4. The van der Waals surface area contributed by atoms with Crippen molar-refractivity contribution in [3.8, 4) is 0 Å². The van der Waals surface area contributed by atoms with Gasteiger partial charge in [0.05, 0.1) is 13.2 Å². The Hall–Kier alpha value is -2.16. The monoisotopic (exact) mass is 962 g/mol. The number of amides is 2. The molecule has 0 aromatic rings. The van der Waals surface area contributed by atoms with Crippen molar-refractivity contribution in [2.75, 3.05) is 45.9 Å². The number of nitrogens with one attached hydrogen (secondary N) is 1. The lowest BCUT2D eigenvalue weighted by molar-refractivity contribution is -0.146.